The third-order valence-corrected chi connectivity index (χ3v) is 3.73. The molecule has 1 fully saturated rings. The lowest BCUT2D eigenvalue weighted by molar-refractivity contribution is -0.385. The molecule has 0 amide bonds. The van der Waals surface area contributed by atoms with Crippen molar-refractivity contribution in [3.8, 4) is 5.75 Å². The number of methoxy groups -OCH3 is 1. The van der Waals surface area contributed by atoms with E-state index in [1.165, 1.54) is 13.2 Å². The quantitative estimate of drug-likeness (QED) is 0.664. The minimum absolute atomic E-state index is 0.0501. The Kier molecular flexibility index (Phi) is 3.36. The van der Waals surface area contributed by atoms with Crippen molar-refractivity contribution in [2.75, 3.05) is 25.1 Å². The molecule has 19 heavy (non-hydrogen) atoms. The third-order valence-electron chi connectivity index (χ3n) is 3.73. The van der Waals surface area contributed by atoms with Crippen molar-refractivity contribution in [3.05, 3.63) is 28.3 Å². The van der Waals surface area contributed by atoms with E-state index < -0.39 is 10.5 Å². The lowest BCUT2D eigenvalue weighted by Crippen LogP contribution is -2.64. The summed E-state index contributed by atoms with van der Waals surface area (Å²) in [7, 11) is 1.41. The van der Waals surface area contributed by atoms with E-state index >= 15 is 0 Å². The molecule has 1 aromatic carbocycles. The minimum Gasteiger partial charge on any atom is -0.490 e. The van der Waals surface area contributed by atoms with Crippen molar-refractivity contribution in [1.29, 1.82) is 0 Å². The molecule has 0 atom stereocenters. The Morgan fingerprint density at radius 1 is 1.47 bits per heavy atom. The minimum atomic E-state index is -0.672. The van der Waals surface area contributed by atoms with Gasteiger partial charge in [0.15, 0.2) is 5.75 Å². The molecule has 0 bridgehead atoms. The fourth-order valence-corrected chi connectivity index (χ4v) is 2.18. The Morgan fingerprint density at radius 2 is 2.11 bits per heavy atom. The number of aliphatic hydroxyl groups is 1. The second-order valence-corrected chi connectivity index (χ2v) is 5.23. The summed E-state index contributed by atoms with van der Waals surface area (Å²) in [5, 5.41) is 21.0. The fraction of sp³-hybridized carbons (Fsp3) is 0.538. The summed E-state index contributed by atoms with van der Waals surface area (Å²) in [4.78, 5) is 12.3. The van der Waals surface area contributed by atoms with Gasteiger partial charge in [0.2, 0.25) is 0 Å². The van der Waals surface area contributed by atoms with Gasteiger partial charge in [-0.05, 0) is 12.0 Å². The summed E-state index contributed by atoms with van der Waals surface area (Å²) in [6.07, 6.45) is 0. The van der Waals surface area contributed by atoms with Crippen molar-refractivity contribution in [2.45, 2.75) is 19.4 Å². The van der Waals surface area contributed by atoms with E-state index in [0.29, 0.717) is 13.1 Å². The molecule has 0 aromatic heterocycles. The summed E-state index contributed by atoms with van der Waals surface area (Å²) in [5.41, 5.74) is 0.105. The van der Waals surface area contributed by atoms with Crippen molar-refractivity contribution in [3.63, 3.8) is 0 Å². The van der Waals surface area contributed by atoms with Crippen LogP contribution in [0.4, 0.5) is 11.4 Å². The standard InChI is InChI=1S/C13H18N2O4/c1-9(2)13(16)7-14(8-13)10-4-5-11(15(17)18)12(6-10)19-3/h4-6,9,16H,7-8H2,1-3H3. The zero-order valence-corrected chi connectivity index (χ0v) is 11.3. The molecule has 104 valence electrons. The Morgan fingerprint density at radius 3 is 2.58 bits per heavy atom. The van der Waals surface area contributed by atoms with Crippen LogP contribution < -0.4 is 9.64 Å². The van der Waals surface area contributed by atoms with Gasteiger partial charge in [0.05, 0.1) is 12.0 Å². The maximum absolute atomic E-state index is 10.8. The number of hydrogen-bond acceptors (Lipinski definition) is 5. The molecule has 1 aromatic rings. The van der Waals surface area contributed by atoms with E-state index in [0.717, 1.165) is 5.69 Å². The maximum Gasteiger partial charge on any atom is 0.311 e. The van der Waals surface area contributed by atoms with Gasteiger partial charge in [-0.15, -0.1) is 0 Å². The van der Waals surface area contributed by atoms with Crippen LogP contribution in [0.25, 0.3) is 0 Å². The number of nitro benzene ring substituents is 1. The highest BCUT2D eigenvalue weighted by Gasteiger charge is 2.43. The molecule has 6 heteroatoms. The number of anilines is 1. The molecule has 0 saturated carbocycles. The smallest absolute Gasteiger partial charge is 0.311 e. The van der Waals surface area contributed by atoms with Crippen LogP contribution in [-0.2, 0) is 0 Å². The predicted octanol–water partition coefficient (Wildman–Crippen LogP) is 1.81. The van der Waals surface area contributed by atoms with Gasteiger partial charge in [-0.2, -0.15) is 0 Å². The molecule has 0 unspecified atom stereocenters. The molecule has 0 aliphatic carbocycles. The van der Waals surface area contributed by atoms with Crippen molar-refractivity contribution in [2.24, 2.45) is 5.92 Å². The molecule has 1 heterocycles. The van der Waals surface area contributed by atoms with E-state index in [-0.39, 0.29) is 17.4 Å². The van der Waals surface area contributed by atoms with Gasteiger partial charge >= 0.3 is 5.69 Å². The van der Waals surface area contributed by atoms with Crippen LogP contribution in [0.1, 0.15) is 13.8 Å². The van der Waals surface area contributed by atoms with Crippen LogP contribution in [0.5, 0.6) is 5.75 Å². The van der Waals surface area contributed by atoms with Gasteiger partial charge in [0.1, 0.15) is 5.60 Å². The molecule has 1 saturated heterocycles. The number of hydrogen-bond donors (Lipinski definition) is 1. The number of benzene rings is 1. The Labute approximate surface area is 111 Å². The van der Waals surface area contributed by atoms with Crippen LogP contribution in [0.15, 0.2) is 18.2 Å². The van der Waals surface area contributed by atoms with Crippen LogP contribution in [0, 0.1) is 16.0 Å². The lowest BCUT2D eigenvalue weighted by Gasteiger charge is -2.50. The van der Waals surface area contributed by atoms with E-state index in [9.17, 15) is 15.2 Å². The molecule has 2 rings (SSSR count). The molecular formula is C13H18N2O4. The largest absolute Gasteiger partial charge is 0.490 e. The Bertz CT molecular complexity index is 495. The molecule has 1 N–H and O–H groups in total. The summed E-state index contributed by atoms with van der Waals surface area (Å²) < 4.78 is 5.03. The van der Waals surface area contributed by atoms with Gasteiger partial charge in [-0.3, -0.25) is 10.1 Å². The summed E-state index contributed by atoms with van der Waals surface area (Å²) in [6, 6.07) is 4.75. The fourth-order valence-electron chi connectivity index (χ4n) is 2.18. The van der Waals surface area contributed by atoms with Gasteiger partial charge in [-0.1, -0.05) is 13.8 Å². The first-order valence-corrected chi connectivity index (χ1v) is 6.17. The number of β-amino-alcohol motifs (C(OH)–C–C–N with tert-alkyl or cyclic N) is 1. The number of nitrogens with zero attached hydrogens (tertiary/aromatic N) is 2. The summed E-state index contributed by atoms with van der Waals surface area (Å²) in [6.45, 7) is 5.03. The highest BCUT2D eigenvalue weighted by molar-refractivity contribution is 5.61. The van der Waals surface area contributed by atoms with E-state index in [1.807, 2.05) is 18.7 Å². The van der Waals surface area contributed by atoms with Gasteiger partial charge < -0.3 is 14.7 Å². The van der Waals surface area contributed by atoms with Crippen molar-refractivity contribution < 1.29 is 14.8 Å². The first kappa shape index (κ1) is 13.6. The van der Waals surface area contributed by atoms with Gasteiger partial charge in [-0.25, -0.2) is 0 Å². The molecule has 1 aliphatic heterocycles. The normalized spacial score (nSPS) is 17.2. The summed E-state index contributed by atoms with van der Waals surface area (Å²) in [5.74, 6) is 0.422. The highest BCUT2D eigenvalue weighted by Crippen LogP contribution is 2.37. The third kappa shape index (κ3) is 2.35. The average molecular weight is 266 g/mol. The zero-order valence-electron chi connectivity index (χ0n) is 11.3. The monoisotopic (exact) mass is 266 g/mol. The first-order chi connectivity index (χ1) is 8.87. The second kappa shape index (κ2) is 4.70. The van der Waals surface area contributed by atoms with Gasteiger partial charge in [0, 0.05) is 30.9 Å². The van der Waals surface area contributed by atoms with Crippen LogP contribution in [-0.4, -0.2) is 35.8 Å². The topological polar surface area (TPSA) is 75.8 Å². The van der Waals surface area contributed by atoms with Crippen LogP contribution in [0.2, 0.25) is 0 Å². The first-order valence-electron chi connectivity index (χ1n) is 6.17. The van der Waals surface area contributed by atoms with Crippen molar-refractivity contribution in [1.82, 2.24) is 0 Å². The molecule has 6 nitrogen and oxygen atoms in total. The molecule has 1 aliphatic rings. The second-order valence-electron chi connectivity index (χ2n) is 5.23. The average Bonchev–Trinajstić information content (AvgIpc) is 2.33. The Hall–Kier alpha value is -1.82. The van der Waals surface area contributed by atoms with E-state index in [4.69, 9.17) is 4.74 Å². The van der Waals surface area contributed by atoms with E-state index in [1.54, 1.807) is 12.1 Å². The van der Waals surface area contributed by atoms with Crippen LogP contribution in [0.3, 0.4) is 0 Å². The molecule has 0 spiro atoms. The van der Waals surface area contributed by atoms with Crippen molar-refractivity contribution >= 4 is 11.4 Å². The van der Waals surface area contributed by atoms with Crippen LogP contribution >= 0.6 is 0 Å². The summed E-state index contributed by atoms with van der Waals surface area (Å²) >= 11 is 0. The number of ether oxygens (including phenoxy) is 1. The van der Waals surface area contributed by atoms with Gasteiger partial charge in [0.25, 0.3) is 0 Å². The SMILES string of the molecule is COc1cc(N2CC(O)(C(C)C)C2)ccc1[N+](=O)[O-]. The number of nitro groups is 1. The Balaban J connectivity index is 2.18. The predicted molar refractivity (Wildman–Crippen MR) is 71.6 cm³/mol. The molecule has 0 radical (unpaired) electrons. The molecular weight excluding hydrogens is 248 g/mol. The maximum atomic E-state index is 10.8. The highest BCUT2D eigenvalue weighted by atomic mass is 16.6. The number of rotatable bonds is 4. The zero-order chi connectivity index (χ0) is 14.2. The lowest BCUT2D eigenvalue weighted by atomic mass is 9.82. The van der Waals surface area contributed by atoms with E-state index in [2.05, 4.69) is 0 Å².